The lowest BCUT2D eigenvalue weighted by Gasteiger charge is -2.07. The van der Waals surface area contributed by atoms with Crippen LogP contribution in [0.1, 0.15) is 13.8 Å². The second kappa shape index (κ2) is 6.65. The molecule has 0 aliphatic heterocycles. The molecule has 0 bridgehead atoms. The smallest absolute Gasteiger partial charge is 0.238 e. The van der Waals surface area contributed by atoms with Gasteiger partial charge in [-0.15, -0.1) is 0 Å². The van der Waals surface area contributed by atoms with E-state index in [-0.39, 0.29) is 18.4 Å². The van der Waals surface area contributed by atoms with Crippen LogP contribution in [-0.4, -0.2) is 24.9 Å². The van der Waals surface area contributed by atoms with Crippen molar-refractivity contribution in [1.82, 2.24) is 5.32 Å². The summed E-state index contributed by atoms with van der Waals surface area (Å²) in [5, 5.41) is 8.33. The van der Waals surface area contributed by atoms with Crippen molar-refractivity contribution >= 4 is 23.2 Å². The molecule has 2 amide bonds. The van der Waals surface area contributed by atoms with Crippen molar-refractivity contribution in [2.45, 2.75) is 13.8 Å². The van der Waals surface area contributed by atoms with Gasteiger partial charge in [0.15, 0.2) is 0 Å². The molecule has 0 aliphatic rings. The molecular weight excluding hydrogens is 218 g/mol. The third kappa shape index (κ3) is 5.12. The van der Waals surface area contributed by atoms with Crippen molar-refractivity contribution in [2.24, 2.45) is 0 Å². The Labute approximate surface area is 101 Å². The summed E-state index contributed by atoms with van der Waals surface area (Å²) in [5.41, 5.74) is 1.33. The summed E-state index contributed by atoms with van der Waals surface area (Å²) in [6.45, 7) is 4.40. The van der Waals surface area contributed by atoms with E-state index in [4.69, 9.17) is 0 Å². The van der Waals surface area contributed by atoms with Crippen LogP contribution in [0, 0.1) is 0 Å². The van der Waals surface area contributed by atoms with Gasteiger partial charge in [-0.25, -0.2) is 0 Å². The van der Waals surface area contributed by atoms with E-state index in [0.717, 1.165) is 6.54 Å². The summed E-state index contributed by atoms with van der Waals surface area (Å²) in [4.78, 5) is 22.3. The maximum atomic E-state index is 11.4. The van der Waals surface area contributed by atoms with Gasteiger partial charge in [-0.05, 0) is 24.7 Å². The highest BCUT2D eigenvalue weighted by Crippen LogP contribution is 2.14. The van der Waals surface area contributed by atoms with Crippen LogP contribution in [0.15, 0.2) is 24.3 Å². The lowest BCUT2D eigenvalue weighted by atomic mass is 10.2. The van der Waals surface area contributed by atoms with Crippen LogP contribution in [0.25, 0.3) is 0 Å². The molecule has 3 N–H and O–H groups in total. The normalized spacial score (nSPS) is 9.76. The zero-order chi connectivity index (χ0) is 12.7. The highest BCUT2D eigenvalue weighted by atomic mass is 16.2. The number of rotatable bonds is 5. The Kier molecular flexibility index (Phi) is 5.16. The Morgan fingerprint density at radius 2 is 1.82 bits per heavy atom. The van der Waals surface area contributed by atoms with Gasteiger partial charge in [0, 0.05) is 18.3 Å². The number of amides is 2. The Morgan fingerprint density at radius 3 is 2.41 bits per heavy atom. The van der Waals surface area contributed by atoms with Crippen molar-refractivity contribution in [3.63, 3.8) is 0 Å². The zero-order valence-corrected chi connectivity index (χ0v) is 10.0. The largest absolute Gasteiger partial charge is 0.326 e. The third-order valence-electron chi connectivity index (χ3n) is 2.00. The lowest BCUT2D eigenvalue weighted by Crippen LogP contribution is -2.27. The molecule has 0 radical (unpaired) electrons. The van der Waals surface area contributed by atoms with E-state index in [1.165, 1.54) is 6.92 Å². The first-order valence-corrected chi connectivity index (χ1v) is 5.50. The van der Waals surface area contributed by atoms with Gasteiger partial charge in [-0.2, -0.15) is 0 Å². The van der Waals surface area contributed by atoms with Crippen molar-refractivity contribution in [3.8, 4) is 0 Å². The first-order valence-electron chi connectivity index (χ1n) is 5.50. The minimum absolute atomic E-state index is 0.105. The maximum absolute atomic E-state index is 11.4. The molecule has 1 aromatic rings. The van der Waals surface area contributed by atoms with Crippen LogP contribution >= 0.6 is 0 Å². The molecule has 0 aliphatic carbocycles. The molecule has 5 nitrogen and oxygen atoms in total. The average molecular weight is 235 g/mol. The average Bonchev–Trinajstić information content (AvgIpc) is 2.26. The van der Waals surface area contributed by atoms with Crippen molar-refractivity contribution in [2.75, 3.05) is 23.7 Å². The van der Waals surface area contributed by atoms with E-state index >= 15 is 0 Å². The van der Waals surface area contributed by atoms with Gasteiger partial charge < -0.3 is 16.0 Å². The number of hydrogen-bond acceptors (Lipinski definition) is 3. The second-order valence-corrected chi connectivity index (χ2v) is 3.59. The maximum Gasteiger partial charge on any atom is 0.238 e. The molecule has 1 aromatic carbocycles. The Hall–Kier alpha value is -1.88. The molecule has 1 rings (SSSR count). The molecule has 0 saturated heterocycles. The monoisotopic (exact) mass is 235 g/mol. The van der Waals surface area contributed by atoms with Crippen LogP contribution in [-0.2, 0) is 9.59 Å². The SMILES string of the molecule is CCNCC(=O)Nc1cccc(NC(C)=O)c1. The number of carbonyl (C=O) groups is 2. The zero-order valence-electron chi connectivity index (χ0n) is 10.0. The standard InChI is InChI=1S/C12H17N3O2/c1-3-13-8-12(17)15-11-6-4-5-10(7-11)14-9(2)16/h4-7,13H,3,8H2,1-2H3,(H,14,16)(H,15,17). The van der Waals surface area contributed by atoms with Crippen molar-refractivity contribution in [1.29, 1.82) is 0 Å². The van der Waals surface area contributed by atoms with Gasteiger partial charge >= 0.3 is 0 Å². The van der Waals surface area contributed by atoms with Crippen LogP contribution in [0.4, 0.5) is 11.4 Å². The molecule has 0 fully saturated rings. The Bertz CT molecular complexity index is 404. The summed E-state index contributed by atoms with van der Waals surface area (Å²) >= 11 is 0. The van der Waals surface area contributed by atoms with Crippen LogP contribution in [0.5, 0.6) is 0 Å². The summed E-state index contributed by atoms with van der Waals surface area (Å²) in [6.07, 6.45) is 0. The van der Waals surface area contributed by atoms with E-state index in [2.05, 4.69) is 16.0 Å². The fraction of sp³-hybridized carbons (Fsp3) is 0.333. The third-order valence-corrected chi connectivity index (χ3v) is 2.00. The molecule has 0 unspecified atom stereocenters. The Balaban J connectivity index is 2.59. The van der Waals surface area contributed by atoms with E-state index in [1.807, 2.05) is 6.92 Å². The minimum Gasteiger partial charge on any atom is -0.326 e. The first kappa shape index (κ1) is 13.2. The fourth-order valence-corrected chi connectivity index (χ4v) is 1.32. The summed E-state index contributed by atoms with van der Waals surface area (Å²) < 4.78 is 0. The predicted octanol–water partition coefficient (Wildman–Crippen LogP) is 1.19. The molecule has 0 atom stereocenters. The van der Waals surface area contributed by atoms with Crippen LogP contribution in [0.3, 0.4) is 0 Å². The van der Waals surface area contributed by atoms with E-state index in [0.29, 0.717) is 11.4 Å². The van der Waals surface area contributed by atoms with Crippen molar-refractivity contribution < 1.29 is 9.59 Å². The topological polar surface area (TPSA) is 70.2 Å². The molecule has 0 saturated carbocycles. The van der Waals surface area contributed by atoms with Gasteiger partial charge in [0.05, 0.1) is 6.54 Å². The predicted molar refractivity (Wildman–Crippen MR) is 67.9 cm³/mol. The number of anilines is 2. The number of benzene rings is 1. The number of nitrogens with one attached hydrogen (secondary N) is 3. The molecule has 17 heavy (non-hydrogen) atoms. The van der Waals surface area contributed by atoms with Gasteiger partial charge in [0.25, 0.3) is 0 Å². The highest BCUT2D eigenvalue weighted by molar-refractivity contribution is 5.94. The van der Waals surface area contributed by atoms with Gasteiger partial charge in [0.2, 0.25) is 11.8 Å². The Morgan fingerprint density at radius 1 is 1.18 bits per heavy atom. The quantitative estimate of drug-likeness (QED) is 0.718. The summed E-state index contributed by atoms with van der Waals surface area (Å²) in [7, 11) is 0. The lowest BCUT2D eigenvalue weighted by molar-refractivity contribution is -0.115. The van der Waals surface area contributed by atoms with Gasteiger partial charge in [-0.1, -0.05) is 13.0 Å². The number of carbonyl (C=O) groups excluding carboxylic acids is 2. The summed E-state index contributed by atoms with van der Waals surface area (Å²) in [6, 6.07) is 7.02. The minimum atomic E-state index is -0.138. The van der Waals surface area contributed by atoms with Gasteiger partial charge in [-0.3, -0.25) is 9.59 Å². The number of hydrogen-bond donors (Lipinski definition) is 3. The number of likely N-dealkylation sites (N-methyl/N-ethyl adjacent to an activating group) is 1. The molecule has 0 aromatic heterocycles. The highest BCUT2D eigenvalue weighted by Gasteiger charge is 2.02. The molecule has 92 valence electrons. The van der Waals surface area contributed by atoms with E-state index < -0.39 is 0 Å². The van der Waals surface area contributed by atoms with Crippen LogP contribution in [0.2, 0.25) is 0 Å². The second-order valence-electron chi connectivity index (χ2n) is 3.59. The molecule has 5 heteroatoms. The molecule has 0 spiro atoms. The first-order chi connectivity index (χ1) is 8.11. The fourth-order valence-electron chi connectivity index (χ4n) is 1.32. The summed E-state index contributed by atoms with van der Waals surface area (Å²) in [5.74, 6) is -0.243. The van der Waals surface area contributed by atoms with E-state index in [9.17, 15) is 9.59 Å². The van der Waals surface area contributed by atoms with Gasteiger partial charge in [0.1, 0.15) is 0 Å². The van der Waals surface area contributed by atoms with E-state index in [1.54, 1.807) is 24.3 Å². The molecule has 0 heterocycles. The van der Waals surface area contributed by atoms with Crippen LogP contribution < -0.4 is 16.0 Å². The molecular formula is C12H17N3O2. The van der Waals surface area contributed by atoms with Crippen molar-refractivity contribution in [3.05, 3.63) is 24.3 Å².